The maximum Gasteiger partial charge on any atom is 0.287 e. The molecule has 4 N–H and O–H groups in total. The van der Waals surface area contributed by atoms with Gasteiger partial charge in [0.05, 0.1) is 35.8 Å². The molecule has 9 nitrogen and oxygen atoms in total. The molecule has 1 heterocycles. The fourth-order valence-corrected chi connectivity index (χ4v) is 3.46. The van der Waals surface area contributed by atoms with Crippen LogP contribution in [0.25, 0.3) is 33.3 Å². The first-order chi connectivity index (χ1) is 14.9. The molecule has 0 saturated carbocycles. The molecule has 3 aromatic carbocycles. The lowest BCUT2D eigenvalue weighted by atomic mass is 9.94. The molecule has 1 aromatic heterocycles. The van der Waals surface area contributed by atoms with E-state index in [1.807, 2.05) is 0 Å². The van der Waals surface area contributed by atoms with Crippen molar-refractivity contribution in [3.63, 3.8) is 0 Å². The fraction of sp³-hybridized carbons (Fsp3) is 0.0909. The van der Waals surface area contributed by atoms with Gasteiger partial charge in [0, 0.05) is 0 Å². The number of nitro benzene ring substituents is 1. The first-order valence-corrected chi connectivity index (χ1v) is 9.26. The summed E-state index contributed by atoms with van der Waals surface area (Å²) in [5, 5.41) is 12.3. The molecule has 0 unspecified atom stereocenters. The summed E-state index contributed by atoms with van der Waals surface area (Å²) in [6.45, 7) is 0. The highest BCUT2D eigenvalue weighted by molar-refractivity contribution is 6.04. The Kier molecular flexibility index (Phi) is 5.00. The van der Waals surface area contributed by atoms with Crippen LogP contribution in [0.4, 0.5) is 17.3 Å². The number of nitrogens with two attached hydrogens (primary N) is 2. The van der Waals surface area contributed by atoms with E-state index in [0.717, 1.165) is 0 Å². The van der Waals surface area contributed by atoms with Crippen LogP contribution in [-0.2, 0) is 0 Å². The lowest BCUT2D eigenvalue weighted by molar-refractivity contribution is -0.383. The molecule has 0 aliphatic carbocycles. The minimum Gasteiger partial charge on any atom is -0.497 e. The molecule has 0 aliphatic rings. The molecule has 4 rings (SSSR count). The Labute approximate surface area is 177 Å². The summed E-state index contributed by atoms with van der Waals surface area (Å²) in [7, 11) is 3.06. The van der Waals surface area contributed by atoms with E-state index >= 15 is 0 Å². The summed E-state index contributed by atoms with van der Waals surface area (Å²) >= 11 is 0. The number of anilines is 2. The number of nitrogen functional groups attached to an aromatic ring is 2. The van der Waals surface area contributed by atoms with Gasteiger partial charge >= 0.3 is 0 Å². The quantitative estimate of drug-likeness (QED) is 0.366. The van der Waals surface area contributed by atoms with Gasteiger partial charge in [-0.05, 0) is 41.5 Å². The molecule has 0 atom stereocenters. The van der Waals surface area contributed by atoms with E-state index in [1.54, 1.807) is 54.6 Å². The maximum atomic E-state index is 12.3. The molecule has 0 amide bonds. The first kappa shape index (κ1) is 19.9. The second-order valence-corrected chi connectivity index (χ2v) is 6.73. The summed E-state index contributed by atoms with van der Waals surface area (Å²) in [6.07, 6.45) is 0. The van der Waals surface area contributed by atoms with Crippen LogP contribution in [0.15, 0.2) is 54.6 Å². The highest BCUT2D eigenvalue weighted by Gasteiger charge is 2.27. The van der Waals surface area contributed by atoms with Crippen molar-refractivity contribution in [3.8, 4) is 33.8 Å². The third kappa shape index (κ3) is 3.52. The number of hydrogen-bond donors (Lipinski definition) is 2. The van der Waals surface area contributed by atoms with Crippen LogP contribution in [0.1, 0.15) is 0 Å². The number of aromatic nitrogens is 2. The average molecular weight is 417 g/mol. The zero-order valence-electron chi connectivity index (χ0n) is 16.8. The van der Waals surface area contributed by atoms with Crippen LogP contribution in [0.5, 0.6) is 11.5 Å². The lowest BCUT2D eigenvalue weighted by Crippen LogP contribution is -2.04. The Hall–Kier alpha value is -4.40. The van der Waals surface area contributed by atoms with Crippen LogP contribution < -0.4 is 20.9 Å². The highest BCUT2D eigenvalue weighted by Crippen LogP contribution is 2.44. The van der Waals surface area contributed by atoms with E-state index < -0.39 is 4.92 Å². The van der Waals surface area contributed by atoms with Crippen molar-refractivity contribution in [1.29, 1.82) is 0 Å². The molecule has 0 bridgehead atoms. The van der Waals surface area contributed by atoms with E-state index in [1.165, 1.54) is 14.2 Å². The number of nitro groups is 1. The number of rotatable bonds is 5. The van der Waals surface area contributed by atoms with Gasteiger partial charge in [-0.25, -0.2) is 9.97 Å². The lowest BCUT2D eigenvalue weighted by Gasteiger charge is -2.14. The average Bonchev–Trinajstić information content (AvgIpc) is 2.78. The summed E-state index contributed by atoms with van der Waals surface area (Å²) < 4.78 is 10.6. The molecule has 4 aromatic rings. The van der Waals surface area contributed by atoms with Crippen molar-refractivity contribution in [3.05, 3.63) is 64.7 Å². The Bertz CT molecular complexity index is 1320. The van der Waals surface area contributed by atoms with E-state index in [9.17, 15) is 10.1 Å². The van der Waals surface area contributed by atoms with Crippen molar-refractivity contribution < 1.29 is 14.4 Å². The predicted molar refractivity (Wildman–Crippen MR) is 119 cm³/mol. The number of ether oxygens (including phenoxy) is 2. The van der Waals surface area contributed by atoms with Crippen molar-refractivity contribution >= 4 is 28.4 Å². The van der Waals surface area contributed by atoms with Gasteiger partial charge in [0.15, 0.2) is 11.6 Å². The zero-order valence-corrected chi connectivity index (χ0v) is 16.8. The zero-order chi connectivity index (χ0) is 22.1. The molecule has 9 heteroatoms. The van der Waals surface area contributed by atoms with Gasteiger partial charge in [0.25, 0.3) is 5.69 Å². The van der Waals surface area contributed by atoms with Crippen LogP contribution in [0.3, 0.4) is 0 Å². The van der Waals surface area contributed by atoms with Crippen molar-refractivity contribution in [2.45, 2.75) is 0 Å². The van der Waals surface area contributed by atoms with Crippen LogP contribution in [-0.4, -0.2) is 29.1 Å². The van der Waals surface area contributed by atoms with Crippen LogP contribution >= 0.6 is 0 Å². The Morgan fingerprint density at radius 2 is 1.45 bits per heavy atom. The Morgan fingerprint density at radius 1 is 0.871 bits per heavy atom. The van der Waals surface area contributed by atoms with Gasteiger partial charge in [0.1, 0.15) is 17.0 Å². The molecular formula is C22H19N5O4. The maximum absolute atomic E-state index is 12.3. The minimum atomic E-state index is -0.433. The SMILES string of the molecule is COc1cccc(-c2cc3nc(N)c(N)nc3c(-c3cccc(OC)c3)c2[N+](=O)[O-])c1. The molecule has 156 valence electrons. The van der Waals surface area contributed by atoms with Crippen LogP contribution in [0.2, 0.25) is 0 Å². The van der Waals surface area contributed by atoms with Crippen molar-refractivity contribution in [1.82, 2.24) is 9.97 Å². The summed E-state index contributed by atoms with van der Waals surface area (Å²) in [6, 6.07) is 15.5. The van der Waals surface area contributed by atoms with E-state index in [-0.39, 0.29) is 28.4 Å². The topological polar surface area (TPSA) is 139 Å². The molecule has 0 saturated heterocycles. The monoisotopic (exact) mass is 417 g/mol. The molecule has 31 heavy (non-hydrogen) atoms. The third-order valence-electron chi connectivity index (χ3n) is 4.91. The molecule has 0 fully saturated rings. The largest absolute Gasteiger partial charge is 0.497 e. The fourth-order valence-electron chi connectivity index (χ4n) is 3.46. The number of benzene rings is 3. The Morgan fingerprint density at radius 3 is 2.06 bits per heavy atom. The smallest absolute Gasteiger partial charge is 0.287 e. The highest BCUT2D eigenvalue weighted by atomic mass is 16.6. The number of methoxy groups -OCH3 is 2. The number of hydrogen-bond acceptors (Lipinski definition) is 8. The molecule has 0 aliphatic heterocycles. The number of fused-ring (bicyclic) bond motifs is 1. The van der Waals surface area contributed by atoms with Gasteiger partial charge in [-0.2, -0.15) is 0 Å². The second-order valence-electron chi connectivity index (χ2n) is 6.73. The Balaban J connectivity index is 2.17. The molecular weight excluding hydrogens is 398 g/mol. The van der Waals surface area contributed by atoms with Crippen molar-refractivity contribution in [2.75, 3.05) is 25.7 Å². The number of nitrogens with zero attached hydrogens (tertiary/aromatic N) is 3. The predicted octanol–water partition coefficient (Wildman–Crippen LogP) is 4.05. The van der Waals surface area contributed by atoms with Crippen LogP contribution in [0, 0.1) is 10.1 Å². The van der Waals surface area contributed by atoms with Gasteiger partial charge in [-0.3, -0.25) is 10.1 Å². The van der Waals surface area contributed by atoms with E-state index in [0.29, 0.717) is 33.7 Å². The summed E-state index contributed by atoms with van der Waals surface area (Å²) in [5.74, 6) is 1.16. The van der Waals surface area contributed by atoms with E-state index in [2.05, 4.69) is 9.97 Å². The van der Waals surface area contributed by atoms with Gasteiger partial charge in [-0.15, -0.1) is 0 Å². The molecule has 0 radical (unpaired) electrons. The van der Waals surface area contributed by atoms with E-state index in [4.69, 9.17) is 20.9 Å². The third-order valence-corrected chi connectivity index (χ3v) is 4.91. The van der Waals surface area contributed by atoms with Crippen molar-refractivity contribution in [2.24, 2.45) is 0 Å². The summed E-state index contributed by atoms with van der Waals surface area (Å²) in [5.41, 5.74) is 14.1. The second kappa shape index (κ2) is 7.79. The van der Waals surface area contributed by atoms with Gasteiger partial charge < -0.3 is 20.9 Å². The normalized spacial score (nSPS) is 10.8. The van der Waals surface area contributed by atoms with Gasteiger partial charge in [-0.1, -0.05) is 24.3 Å². The minimum absolute atomic E-state index is 0.0000689. The molecule has 0 spiro atoms. The summed E-state index contributed by atoms with van der Waals surface area (Å²) in [4.78, 5) is 20.6. The van der Waals surface area contributed by atoms with Gasteiger partial charge in [0.2, 0.25) is 0 Å². The first-order valence-electron chi connectivity index (χ1n) is 9.26. The standard InChI is InChI=1S/C22H19N5O4/c1-30-14-7-3-5-12(9-14)16-11-17-19(26-22(24)21(23)25-17)18(20(16)27(28)29)13-6-4-8-15(10-13)31-2/h3-11H,1-2H3,(H2,23,25)(H2,24,26).